The van der Waals surface area contributed by atoms with Crippen LogP contribution in [0.25, 0.3) is 10.4 Å². The first-order valence-corrected chi connectivity index (χ1v) is 4.26. The van der Waals surface area contributed by atoms with Gasteiger partial charge < -0.3 is 0 Å². The van der Waals surface area contributed by atoms with Gasteiger partial charge in [-0.2, -0.15) is 0 Å². The summed E-state index contributed by atoms with van der Waals surface area (Å²) in [5.74, 6) is 5.25. The molecule has 0 amide bonds. The molecule has 0 saturated heterocycles. The third-order valence-corrected chi connectivity index (χ3v) is 1.69. The number of hydrogen-bond acceptors (Lipinski definition) is 4. The lowest BCUT2D eigenvalue weighted by Gasteiger charge is -1.96. The van der Waals surface area contributed by atoms with Crippen molar-refractivity contribution in [1.82, 2.24) is 4.98 Å². The summed E-state index contributed by atoms with van der Waals surface area (Å²) in [6.07, 6.45) is 1.14. The molecule has 1 aromatic heterocycles. The Kier molecular flexibility index (Phi) is 3.83. The zero-order valence-electron chi connectivity index (χ0n) is 8.41. The van der Waals surface area contributed by atoms with Gasteiger partial charge in [0.2, 0.25) is 0 Å². The quantitative estimate of drug-likeness (QED) is 0.189. The first-order chi connectivity index (χ1) is 7.65. The Morgan fingerprint density at radius 1 is 1.75 bits per heavy atom. The minimum Gasteiger partial charge on any atom is -0.258 e. The van der Waals surface area contributed by atoms with Crippen molar-refractivity contribution in [3.8, 4) is 11.8 Å². The molecule has 1 rings (SSSR count). The highest BCUT2D eigenvalue weighted by atomic mass is 16.6. The second-order valence-corrected chi connectivity index (χ2v) is 2.81. The molecule has 1 aromatic rings. The maximum atomic E-state index is 10.4. The van der Waals surface area contributed by atoms with Crippen LogP contribution in [0, 0.1) is 28.9 Å². The standard InChI is InChI=1S/C9H7N5O2/c1-7-5-8(14(15)16)6-11-9(7)3-2-4-12-13-10/h5-6H,4H2,1H3. The van der Waals surface area contributed by atoms with Gasteiger partial charge in [-0.3, -0.25) is 10.1 Å². The molecule has 0 aliphatic heterocycles. The van der Waals surface area contributed by atoms with E-state index in [0.29, 0.717) is 11.3 Å². The van der Waals surface area contributed by atoms with E-state index in [1.54, 1.807) is 6.92 Å². The number of aryl methyl sites for hydroxylation is 1. The van der Waals surface area contributed by atoms with Crippen molar-refractivity contribution in [2.24, 2.45) is 5.11 Å². The Hall–Kier alpha value is -2.58. The van der Waals surface area contributed by atoms with Crippen LogP contribution in [-0.4, -0.2) is 16.5 Å². The van der Waals surface area contributed by atoms with Gasteiger partial charge >= 0.3 is 0 Å². The Morgan fingerprint density at radius 2 is 2.50 bits per heavy atom. The van der Waals surface area contributed by atoms with Crippen molar-refractivity contribution < 1.29 is 4.92 Å². The maximum Gasteiger partial charge on any atom is 0.287 e. The SMILES string of the molecule is Cc1cc([N+](=O)[O-])cnc1C#CCN=[N+]=[N-]. The van der Waals surface area contributed by atoms with Crippen LogP contribution in [-0.2, 0) is 0 Å². The molecule has 0 saturated carbocycles. The van der Waals surface area contributed by atoms with Crippen LogP contribution in [0.5, 0.6) is 0 Å². The van der Waals surface area contributed by atoms with Gasteiger partial charge in [0, 0.05) is 11.0 Å². The lowest BCUT2D eigenvalue weighted by atomic mass is 10.2. The van der Waals surface area contributed by atoms with Crippen molar-refractivity contribution in [3.63, 3.8) is 0 Å². The Balaban J connectivity index is 2.93. The molecule has 0 radical (unpaired) electrons. The van der Waals surface area contributed by atoms with Gasteiger partial charge in [0.15, 0.2) is 0 Å². The average molecular weight is 217 g/mol. The van der Waals surface area contributed by atoms with E-state index in [1.165, 1.54) is 6.07 Å². The molecule has 80 valence electrons. The third-order valence-electron chi connectivity index (χ3n) is 1.69. The molecular weight excluding hydrogens is 210 g/mol. The Morgan fingerprint density at radius 3 is 3.06 bits per heavy atom. The monoisotopic (exact) mass is 217 g/mol. The summed E-state index contributed by atoms with van der Waals surface area (Å²) >= 11 is 0. The van der Waals surface area contributed by atoms with E-state index in [-0.39, 0.29) is 12.2 Å². The van der Waals surface area contributed by atoms with Crippen LogP contribution in [0.3, 0.4) is 0 Å². The summed E-state index contributed by atoms with van der Waals surface area (Å²) in [5, 5.41) is 13.7. The number of hydrogen-bond donors (Lipinski definition) is 0. The summed E-state index contributed by atoms with van der Waals surface area (Å²) in [6, 6.07) is 1.39. The Bertz CT molecular complexity index is 522. The van der Waals surface area contributed by atoms with Crippen LogP contribution in [0.4, 0.5) is 5.69 Å². The molecule has 0 atom stereocenters. The zero-order valence-corrected chi connectivity index (χ0v) is 8.41. The molecule has 7 nitrogen and oxygen atoms in total. The fourth-order valence-electron chi connectivity index (χ4n) is 0.981. The van der Waals surface area contributed by atoms with Crippen molar-refractivity contribution in [2.45, 2.75) is 6.92 Å². The number of azide groups is 1. The molecule has 0 fully saturated rings. The van der Waals surface area contributed by atoms with Gasteiger partial charge in [0.1, 0.15) is 11.9 Å². The average Bonchev–Trinajstić information content (AvgIpc) is 2.26. The minimum atomic E-state index is -0.517. The zero-order chi connectivity index (χ0) is 12.0. The second kappa shape index (κ2) is 5.34. The first kappa shape index (κ1) is 11.5. The normalized spacial score (nSPS) is 8.56. The smallest absolute Gasteiger partial charge is 0.258 e. The lowest BCUT2D eigenvalue weighted by molar-refractivity contribution is -0.385. The van der Waals surface area contributed by atoms with Crippen LogP contribution in [0.15, 0.2) is 17.4 Å². The second-order valence-electron chi connectivity index (χ2n) is 2.81. The molecule has 0 unspecified atom stereocenters. The number of pyridine rings is 1. The fourth-order valence-corrected chi connectivity index (χ4v) is 0.981. The van der Waals surface area contributed by atoms with Crippen LogP contribution < -0.4 is 0 Å². The van der Waals surface area contributed by atoms with E-state index in [4.69, 9.17) is 5.53 Å². The van der Waals surface area contributed by atoms with Gasteiger partial charge in [0.25, 0.3) is 5.69 Å². The van der Waals surface area contributed by atoms with Gasteiger partial charge in [-0.1, -0.05) is 11.0 Å². The first-order valence-electron chi connectivity index (χ1n) is 4.26. The van der Waals surface area contributed by atoms with Gasteiger partial charge in [-0.15, -0.1) is 0 Å². The molecule has 7 heteroatoms. The van der Waals surface area contributed by atoms with Crippen molar-refractivity contribution in [2.75, 3.05) is 6.54 Å². The molecule has 0 aliphatic rings. The summed E-state index contributed by atoms with van der Waals surface area (Å²) in [4.78, 5) is 16.3. The highest BCUT2D eigenvalue weighted by Crippen LogP contribution is 2.13. The fraction of sp³-hybridized carbons (Fsp3) is 0.222. The van der Waals surface area contributed by atoms with Crippen LogP contribution >= 0.6 is 0 Å². The molecular formula is C9H7N5O2. The van der Waals surface area contributed by atoms with Crippen molar-refractivity contribution in [3.05, 3.63) is 44.1 Å². The van der Waals surface area contributed by atoms with Gasteiger partial charge in [-0.25, -0.2) is 4.98 Å². The highest BCUT2D eigenvalue weighted by Gasteiger charge is 2.07. The third kappa shape index (κ3) is 2.97. The molecule has 0 spiro atoms. The van der Waals surface area contributed by atoms with E-state index in [0.717, 1.165) is 6.20 Å². The summed E-state index contributed by atoms with van der Waals surface area (Å²) < 4.78 is 0. The predicted molar refractivity (Wildman–Crippen MR) is 56.5 cm³/mol. The summed E-state index contributed by atoms with van der Waals surface area (Å²) in [7, 11) is 0. The lowest BCUT2D eigenvalue weighted by Crippen LogP contribution is -1.93. The minimum absolute atomic E-state index is 0.0502. The van der Waals surface area contributed by atoms with Crippen molar-refractivity contribution >= 4 is 5.69 Å². The molecule has 0 bridgehead atoms. The molecule has 16 heavy (non-hydrogen) atoms. The summed E-state index contributed by atoms with van der Waals surface area (Å²) in [6.45, 7) is 1.73. The molecule has 0 aliphatic carbocycles. The number of aromatic nitrogens is 1. The van der Waals surface area contributed by atoms with E-state index in [2.05, 4.69) is 26.9 Å². The van der Waals surface area contributed by atoms with Crippen LogP contribution in [0.1, 0.15) is 11.3 Å². The summed E-state index contributed by atoms with van der Waals surface area (Å²) in [5.41, 5.74) is 9.00. The Labute approximate surface area is 90.9 Å². The number of nitro groups is 1. The van der Waals surface area contributed by atoms with E-state index < -0.39 is 4.92 Å². The predicted octanol–water partition coefficient (Wildman–Crippen LogP) is 1.96. The number of nitrogens with zero attached hydrogens (tertiary/aromatic N) is 5. The molecule has 0 aromatic carbocycles. The molecule has 0 N–H and O–H groups in total. The maximum absolute atomic E-state index is 10.4. The highest BCUT2D eigenvalue weighted by molar-refractivity contribution is 5.41. The van der Waals surface area contributed by atoms with Gasteiger partial charge in [-0.05, 0) is 23.9 Å². The van der Waals surface area contributed by atoms with E-state index in [1.807, 2.05) is 0 Å². The largest absolute Gasteiger partial charge is 0.287 e. The van der Waals surface area contributed by atoms with Crippen LogP contribution in [0.2, 0.25) is 0 Å². The topological polar surface area (TPSA) is 105 Å². The van der Waals surface area contributed by atoms with Gasteiger partial charge in [0.05, 0.1) is 11.5 Å². The van der Waals surface area contributed by atoms with E-state index >= 15 is 0 Å². The van der Waals surface area contributed by atoms with Crippen molar-refractivity contribution in [1.29, 1.82) is 0 Å². The van der Waals surface area contributed by atoms with E-state index in [9.17, 15) is 10.1 Å². The number of rotatable bonds is 2. The molecule has 1 heterocycles.